The second kappa shape index (κ2) is 12.1. The van der Waals surface area contributed by atoms with E-state index in [4.69, 9.17) is 18.2 Å². The van der Waals surface area contributed by atoms with Crippen molar-refractivity contribution in [1.82, 2.24) is 4.98 Å². The second-order valence-electron chi connectivity index (χ2n) is 13.5. The number of fused-ring (bicyclic) bond motifs is 8. The molecule has 0 spiro atoms. The van der Waals surface area contributed by atoms with Gasteiger partial charge in [-0.3, -0.25) is 0 Å². The number of nitrogens with zero attached hydrogens (tertiary/aromatic N) is 2. The van der Waals surface area contributed by atoms with Crippen LogP contribution < -0.4 is 4.90 Å². The molecule has 0 amide bonds. The van der Waals surface area contributed by atoms with E-state index in [-0.39, 0.29) is 0 Å². The van der Waals surface area contributed by atoms with Gasteiger partial charge in [0.1, 0.15) is 27.8 Å². The number of furan rings is 2. The lowest BCUT2D eigenvalue weighted by Crippen LogP contribution is -2.10. The summed E-state index contributed by atoms with van der Waals surface area (Å²) in [4.78, 5) is 7.31. The fourth-order valence-electron chi connectivity index (χ4n) is 7.79. The largest absolute Gasteiger partial charge is 0.456 e. The van der Waals surface area contributed by atoms with E-state index >= 15 is 0 Å². The zero-order valence-corrected chi connectivity index (χ0v) is 28.9. The molecule has 5 heteroatoms. The van der Waals surface area contributed by atoms with Gasteiger partial charge in [-0.25, -0.2) is 4.98 Å². The van der Waals surface area contributed by atoms with Crippen molar-refractivity contribution in [2.75, 3.05) is 4.90 Å². The van der Waals surface area contributed by atoms with E-state index in [1.807, 2.05) is 66.7 Å². The quantitative estimate of drug-likeness (QED) is 0.173. The number of aromatic nitrogens is 1. The molecule has 0 unspecified atom stereocenters. The molecular formula is C49H30N2O3. The minimum Gasteiger partial charge on any atom is -0.456 e. The Hall–Kier alpha value is -7.37. The molecule has 11 rings (SSSR count). The predicted octanol–water partition coefficient (Wildman–Crippen LogP) is 14.1. The molecule has 3 aromatic heterocycles. The summed E-state index contributed by atoms with van der Waals surface area (Å²) < 4.78 is 19.1. The fourth-order valence-corrected chi connectivity index (χ4v) is 7.79. The molecule has 0 radical (unpaired) electrons. The van der Waals surface area contributed by atoms with Crippen LogP contribution in [-0.2, 0) is 0 Å². The van der Waals surface area contributed by atoms with Crippen LogP contribution in [0.5, 0.6) is 0 Å². The number of benzene rings is 8. The van der Waals surface area contributed by atoms with E-state index < -0.39 is 0 Å². The lowest BCUT2D eigenvalue weighted by atomic mass is 9.98. The van der Waals surface area contributed by atoms with Gasteiger partial charge in [-0.2, -0.15) is 0 Å². The van der Waals surface area contributed by atoms with Crippen LogP contribution in [-0.4, -0.2) is 4.98 Å². The maximum Gasteiger partial charge on any atom is 0.227 e. The maximum absolute atomic E-state index is 6.46. The van der Waals surface area contributed by atoms with E-state index in [1.165, 1.54) is 5.56 Å². The highest BCUT2D eigenvalue weighted by Gasteiger charge is 2.21. The van der Waals surface area contributed by atoms with Gasteiger partial charge in [0.2, 0.25) is 5.89 Å². The lowest BCUT2D eigenvalue weighted by Gasteiger charge is -2.26. The van der Waals surface area contributed by atoms with Crippen molar-refractivity contribution in [3.63, 3.8) is 0 Å². The van der Waals surface area contributed by atoms with Gasteiger partial charge in [-0.05, 0) is 95.1 Å². The minimum atomic E-state index is 0.585. The third-order valence-electron chi connectivity index (χ3n) is 10.3. The first-order valence-electron chi connectivity index (χ1n) is 18.0. The van der Waals surface area contributed by atoms with E-state index in [0.717, 1.165) is 94.3 Å². The van der Waals surface area contributed by atoms with Crippen molar-refractivity contribution < 1.29 is 13.3 Å². The Labute approximate surface area is 309 Å². The molecule has 8 aromatic carbocycles. The monoisotopic (exact) mass is 694 g/mol. The van der Waals surface area contributed by atoms with Crippen molar-refractivity contribution in [2.45, 2.75) is 0 Å². The van der Waals surface area contributed by atoms with Gasteiger partial charge in [0.05, 0.1) is 5.39 Å². The molecule has 0 aliphatic rings. The Kier molecular flexibility index (Phi) is 6.79. The molecule has 0 aliphatic heterocycles. The Morgan fingerprint density at radius 2 is 0.963 bits per heavy atom. The van der Waals surface area contributed by atoms with Crippen LogP contribution in [0.15, 0.2) is 195 Å². The normalized spacial score (nSPS) is 11.7. The number of para-hydroxylation sites is 1. The Morgan fingerprint density at radius 3 is 1.81 bits per heavy atom. The smallest absolute Gasteiger partial charge is 0.227 e. The molecule has 0 saturated carbocycles. The molecule has 54 heavy (non-hydrogen) atoms. The molecule has 0 N–H and O–H groups in total. The van der Waals surface area contributed by atoms with Crippen LogP contribution >= 0.6 is 0 Å². The van der Waals surface area contributed by atoms with Crippen LogP contribution in [0.4, 0.5) is 17.1 Å². The maximum atomic E-state index is 6.46. The van der Waals surface area contributed by atoms with Crippen molar-refractivity contribution in [2.24, 2.45) is 0 Å². The highest BCUT2D eigenvalue weighted by Crippen LogP contribution is 2.44. The second-order valence-corrected chi connectivity index (χ2v) is 13.5. The average molecular weight is 695 g/mol. The van der Waals surface area contributed by atoms with Crippen molar-refractivity contribution in [3.8, 4) is 33.7 Å². The average Bonchev–Trinajstić information content (AvgIpc) is 3.95. The summed E-state index contributed by atoms with van der Waals surface area (Å²) in [5.41, 5.74) is 13.2. The van der Waals surface area contributed by atoms with Gasteiger partial charge >= 0.3 is 0 Å². The Balaban J connectivity index is 1.09. The number of hydrogen-bond acceptors (Lipinski definition) is 5. The van der Waals surface area contributed by atoms with Crippen LogP contribution in [0.2, 0.25) is 0 Å². The zero-order chi connectivity index (χ0) is 35.6. The summed E-state index contributed by atoms with van der Waals surface area (Å²) in [5.74, 6) is 0.585. The van der Waals surface area contributed by atoms with Gasteiger partial charge in [0, 0.05) is 44.9 Å². The molecular weight excluding hydrogens is 665 g/mol. The molecule has 0 bridgehead atoms. The summed E-state index contributed by atoms with van der Waals surface area (Å²) in [6, 6.07) is 62.8. The number of oxazole rings is 1. The van der Waals surface area contributed by atoms with Crippen LogP contribution in [0.3, 0.4) is 0 Å². The van der Waals surface area contributed by atoms with E-state index in [0.29, 0.717) is 5.89 Å². The molecule has 0 saturated heterocycles. The standard InChI is InChI=1S/C49H30N2O3/c1-3-11-31(12-4-1)32-21-23-35(24-22-32)51(37-25-26-40-39-17-7-8-19-41(39)52-45(40)30-37)36-16-9-15-34(29-36)38-18-10-20-42-46(38)47-43(53-42)27-28-44-48(47)50-49(54-44)33-13-5-2-6-14-33/h1-30H. The van der Waals surface area contributed by atoms with Crippen LogP contribution in [0, 0.1) is 0 Å². The molecule has 3 heterocycles. The summed E-state index contributed by atoms with van der Waals surface area (Å²) in [7, 11) is 0. The van der Waals surface area contributed by atoms with Gasteiger partial charge in [0.15, 0.2) is 5.58 Å². The number of rotatable bonds is 6. The molecule has 254 valence electrons. The van der Waals surface area contributed by atoms with Crippen molar-refractivity contribution in [3.05, 3.63) is 182 Å². The lowest BCUT2D eigenvalue weighted by molar-refractivity contribution is 0.619. The van der Waals surface area contributed by atoms with Crippen LogP contribution in [0.25, 0.3) is 88.7 Å². The minimum absolute atomic E-state index is 0.585. The highest BCUT2D eigenvalue weighted by atomic mass is 16.4. The summed E-state index contributed by atoms with van der Waals surface area (Å²) in [6.45, 7) is 0. The molecule has 5 nitrogen and oxygen atoms in total. The SMILES string of the molecule is c1ccc(-c2ccc(N(c3cccc(-c4cccc5oc6ccc7oc(-c8ccccc8)nc7c6c45)c3)c3ccc4c(c3)oc3ccccc34)cc2)cc1. The Bertz CT molecular complexity index is 3160. The van der Waals surface area contributed by atoms with E-state index in [9.17, 15) is 0 Å². The predicted molar refractivity (Wildman–Crippen MR) is 220 cm³/mol. The van der Waals surface area contributed by atoms with E-state index in [2.05, 4.69) is 120 Å². The molecule has 0 atom stereocenters. The summed E-state index contributed by atoms with van der Waals surface area (Å²) >= 11 is 0. The van der Waals surface area contributed by atoms with Gasteiger partial charge in [0.25, 0.3) is 0 Å². The first kappa shape index (κ1) is 30.3. The first-order chi connectivity index (χ1) is 26.7. The third kappa shape index (κ3) is 4.90. The van der Waals surface area contributed by atoms with Gasteiger partial charge in [-0.15, -0.1) is 0 Å². The topological polar surface area (TPSA) is 55.6 Å². The first-order valence-corrected chi connectivity index (χ1v) is 18.0. The molecule has 0 aliphatic carbocycles. The van der Waals surface area contributed by atoms with Crippen LogP contribution in [0.1, 0.15) is 0 Å². The van der Waals surface area contributed by atoms with Gasteiger partial charge < -0.3 is 18.2 Å². The molecule has 11 aromatic rings. The molecule has 0 fully saturated rings. The number of anilines is 3. The summed E-state index contributed by atoms with van der Waals surface area (Å²) in [5, 5.41) is 4.15. The summed E-state index contributed by atoms with van der Waals surface area (Å²) in [6.07, 6.45) is 0. The third-order valence-corrected chi connectivity index (χ3v) is 10.3. The Morgan fingerprint density at radius 1 is 0.352 bits per heavy atom. The fraction of sp³-hybridized carbons (Fsp3) is 0. The van der Waals surface area contributed by atoms with Crippen molar-refractivity contribution >= 4 is 72.0 Å². The van der Waals surface area contributed by atoms with E-state index in [1.54, 1.807) is 0 Å². The highest BCUT2D eigenvalue weighted by molar-refractivity contribution is 6.21. The van der Waals surface area contributed by atoms with Gasteiger partial charge in [-0.1, -0.05) is 103 Å². The van der Waals surface area contributed by atoms with Crippen molar-refractivity contribution in [1.29, 1.82) is 0 Å². The zero-order valence-electron chi connectivity index (χ0n) is 28.9. The number of hydrogen-bond donors (Lipinski definition) is 0.